The third-order valence-corrected chi connectivity index (χ3v) is 4.35. The van der Waals surface area contributed by atoms with Crippen LogP contribution >= 0.6 is 0 Å². The largest absolute Gasteiger partial charge is 0.573 e. The van der Waals surface area contributed by atoms with Crippen molar-refractivity contribution in [3.05, 3.63) is 47.9 Å². The van der Waals surface area contributed by atoms with Gasteiger partial charge < -0.3 is 15.0 Å². The lowest BCUT2D eigenvalue weighted by Crippen LogP contribution is -2.41. The van der Waals surface area contributed by atoms with Gasteiger partial charge in [0.05, 0.1) is 5.69 Å². The molecule has 0 aliphatic carbocycles. The van der Waals surface area contributed by atoms with E-state index < -0.39 is 6.36 Å². The Labute approximate surface area is 155 Å². The van der Waals surface area contributed by atoms with Crippen molar-refractivity contribution in [2.45, 2.75) is 26.1 Å². The number of benzene rings is 1. The number of anilines is 1. The number of nitrogens with zero attached hydrogens (tertiary/aromatic N) is 3. The van der Waals surface area contributed by atoms with E-state index in [4.69, 9.17) is 9.97 Å². The Morgan fingerprint density at radius 3 is 2.37 bits per heavy atom. The molecule has 2 aromatic rings. The Balaban J connectivity index is 2.01. The Hall–Kier alpha value is -2.61. The number of aromatic nitrogens is 2. The van der Waals surface area contributed by atoms with Gasteiger partial charge in [-0.25, -0.2) is 9.97 Å². The number of ether oxygens (including phenoxy) is 1. The summed E-state index contributed by atoms with van der Waals surface area (Å²) in [6, 6.07) is 5.76. The minimum Gasteiger partial charge on any atom is -0.406 e. The van der Waals surface area contributed by atoms with E-state index in [1.165, 1.54) is 12.1 Å². The van der Waals surface area contributed by atoms with E-state index in [1.807, 2.05) is 38.1 Å². The summed E-state index contributed by atoms with van der Waals surface area (Å²) in [7, 11) is 1.90. The molecule has 0 unspecified atom stereocenters. The van der Waals surface area contributed by atoms with Gasteiger partial charge >= 0.3 is 6.36 Å². The minimum absolute atomic E-state index is 0.231. The molecule has 1 N–H and O–H groups in total. The molecule has 1 fully saturated rings. The second-order valence-corrected chi connectivity index (χ2v) is 6.40. The van der Waals surface area contributed by atoms with Crippen molar-refractivity contribution < 1.29 is 17.9 Å². The summed E-state index contributed by atoms with van der Waals surface area (Å²) in [5, 5.41) is 3.21. The van der Waals surface area contributed by atoms with Gasteiger partial charge in [-0.1, -0.05) is 6.08 Å². The summed E-state index contributed by atoms with van der Waals surface area (Å²) in [4.78, 5) is 11.3. The standard InChI is InChI=1S/C19H21F3N4O/c1-4-9-26(3)18-12(2)16(24-17(25-18)14-10-23-11-14)13-5-7-15(8-6-13)27-19(20,21)22/h4-9,14,23H,10-11H2,1-3H3/b9-4+. The fraction of sp³-hybridized carbons (Fsp3) is 0.368. The highest BCUT2D eigenvalue weighted by Gasteiger charge is 2.31. The van der Waals surface area contributed by atoms with Crippen LogP contribution in [0.25, 0.3) is 11.3 Å². The van der Waals surface area contributed by atoms with Gasteiger partial charge in [0.2, 0.25) is 0 Å². The molecule has 5 nitrogen and oxygen atoms in total. The van der Waals surface area contributed by atoms with E-state index >= 15 is 0 Å². The van der Waals surface area contributed by atoms with Crippen LogP contribution in [0.2, 0.25) is 0 Å². The Morgan fingerprint density at radius 1 is 1.19 bits per heavy atom. The predicted molar refractivity (Wildman–Crippen MR) is 97.7 cm³/mol. The van der Waals surface area contributed by atoms with Gasteiger partial charge in [-0.3, -0.25) is 0 Å². The van der Waals surface area contributed by atoms with Gasteiger partial charge in [-0.05, 0) is 38.1 Å². The zero-order valence-corrected chi connectivity index (χ0v) is 15.3. The third-order valence-electron chi connectivity index (χ3n) is 4.35. The molecule has 3 rings (SSSR count). The van der Waals surface area contributed by atoms with Gasteiger partial charge in [-0.15, -0.1) is 13.2 Å². The van der Waals surface area contributed by atoms with Crippen LogP contribution in [0.1, 0.15) is 24.2 Å². The van der Waals surface area contributed by atoms with Crippen LogP contribution in [0.5, 0.6) is 5.75 Å². The lowest BCUT2D eigenvalue weighted by atomic mass is 10.0. The summed E-state index contributed by atoms with van der Waals surface area (Å²) in [5.41, 5.74) is 2.28. The first-order valence-corrected chi connectivity index (χ1v) is 8.59. The summed E-state index contributed by atoms with van der Waals surface area (Å²) in [6.45, 7) is 5.46. The van der Waals surface area contributed by atoms with Crippen LogP contribution in [0.4, 0.5) is 19.0 Å². The van der Waals surface area contributed by atoms with E-state index in [9.17, 15) is 13.2 Å². The fourth-order valence-electron chi connectivity index (χ4n) is 2.91. The van der Waals surface area contributed by atoms with E-state index in [0.717, 1.165) is 30.3 Å². The smallest absolute Gasteiger partial charge is 0.406 e. The lowest BCUT2D eigenvalue weighted by Gasteiger charge is -2.28. The number of nitrogens with one attached hydrogen (secondary N) is 1. The number of hydrogen-bond donors (Lipinski definition) is 1. The quantitative estimate of drug-likeness (QED) is 0.852. The molecule has 1 saturated heterocycles. The molecule has 0 saturated carbocycles. The molecule has 144 valence electrons. The molecule has 1 aliphatic rings. The van der Waals surface area contributed by atoms with E-state index in [-0.39, 0.29) is 11.7 Å². The summed E-state index contributed by atoms with van der Waals surface area (Å²) < 4.78 is 41.1. The predicted octanol–water partition coefficient (Wildman–Crippen LogP) is 4.01. The highest BCUT2D eigenvalue weighted by Crippen LogP contribution is 2.32. The zero-order valence-electron chi connectivity index (χ0n) is 15.3. The number of allylic oxidation sites excluding steroid dienone is 1. The first-order valence-electron chi connectivity index (χ1n) is 8.59. The summed E-state index contributed by atoms with van der Waals surface area (Å²) >= 11 is 0. The van der Waals surface area contributed by atoms with E-state index in [1.54, 1.807) is 12.1 Å². The molecule has 0 atom stereocenters. The molecule has 1 aliphatic heterocycles. The monoisotopic (exact) mass is 378 g/mol. The Bertz CT molecular complexity index is 830. The third kappa shape index (κ3) is 4.39. The van der Waals surface area contributed by atoms with Crippen molar-refractivity contribution in [3.8, 4) is 17.0 Å². The zero-order chi connectivity index (χ0) is 19.6. The number of rotatable bonds is 5. The highest BCUT2D eigenvalue weighted by molar-refractivity contribution is 5.69. The van der Waals surface area contributed by atoms with Crippen molar-refractivity contribution in [3.63, 3.8) is 0 Å². The molecular weight excluding hydrogens is 357 g/mol. The average Bonchev–Trinajstić information content (AvgIpc) is 2.54. The van der Waals surface area contributed by atoms with Gasteiger partial charge in [0, 0.05) is 43.4 Å². The number of halogens is 3. The molecule has 2 heterocycles. The average molecular weight is 378 g/mol. The first-order chi connectivity index (χ1) is 12.8. The molecule has 0 spiro atoms. The van der Waals surface area contributed by atoms with Crippen molar-refractivity contribution in [1.82, 2.24) is 15.3 Å². The molecule has 8 heteroatoms. The second-order valence-electron chi connectivity index (χ2n) is 6.40. The summed E-state index contributed by atoms with van der Waals surface area (Å²) in [5.74, 6) is 1.48. The SMILES string of the molecule is C/C=C/N(C)c1nc(C2CNC2)nc(-c2ccc(OC(F)(F)F)cc2)c1C. The Morgan fingerprint density at radius 2 is 1.85 bits per heavy atom. The van der Waals surface area contributed by atoms with Crippen molar-refractivity contribution in [2.75, 3.05) is 25.0 Å². The molecular formula is C19H21F3N4O. The topological polar surface area (TPSA) is 50.3 Å². The van der Waals surface area contributed by atoms with E-state index in [2.05, 4.69) is 10.1 Å². The lowest BCUT2D eigenvalue weighted by molar-refractivity contribution is -0.274. The molecule has 27 heavy (non-hydrogen) atoms. The van der Waals surface area contributed by atoms with E-state index in [0.29, 0.717) is 11.3 Å². The number of hydrogen-bond acceptors (Lipinski definition) is 5. The first kappa shape index (κ1) is 19.2. The van der Waals surface area contributed by atoms with Gasteiger partial charge in [0.1, 0.15) is 17.4 Å². The normalized spacial score (nSPS) is 15.0. The maximum Gasteiger partial charge on any atom is 0.573 e. The molecule has 1 aromatic heterocycles. The van der Waals surface area contributed by atoms with Crippen molar-refractivity contribution in [2.24, 2.45) is 0 Å². The fourth-order valence-corrected chi connectivity index (χ4v) is 2.91. The van der Waals surface area contributed by atoms with Crippen molar-refractivity contribution in [1.29, 1.82) is 0 Å². The maximum absolute atomic E-state index is 12.4. The molecule has 0 bridgehead atoms. The van der Waals surface area contributed by atoms with Crippen LogP contribution in [0.15, 0.2) is 36.5 Å². The van der Waals surface area contributed by atoms with Crippen LogP contribution in [-0.2, 0) is 0 Å². The van der Waals surface area contributed by atoms with Gasteiger partial charge in [0.15, 0.2) is 0 Å². The second kappa shape index (κ2) is 7.56. The molecule has 0 amide bonds. The van der Waals surface area contributed by atoms with Gasteiger partial charge in [0.25, 0.3) is 0 Å². The summed E-state index contributed by atoms with van der Waals surface area (Å²) in [6.07, 6.45) is -0.892. The van der Waals surface area contributed by atoms with Crippen LogP contribution in [-0.4, -0.2) is 36.5 Å². The molecule has 1 aromatic carbocycles. The van der Waals surface area contributed by atoms with Crippen LogP contribution in [0.3, 0.4) is 0 Å². The molecule has 0 radical (unpaired) electrons. The highest BCUT2D eigenvalue weighted by atomic mass is 19.4. The van der Waals surface area contributed by atoms with Crippen LogP contribution < -0.4 is 15.0 Å². The van der Waals surface area contributed by atoms with Gasteiger partial charge in [-0.2, -0.15) is 0 Å². The van der Waals surface area contributed by atoms with Crippen LogP contribution in [0, 0.1) is 6.92 Å². The maximum atomic E-state index is 12.4. The number of alkyl halides is 3. The minimum atomic E-state index is -4.71. The Kier molecular flexibility index (Phi) is 5.36. The van der Waals surface area contributed by atoms with Crippen molar-refractivity contribution >= 4 is 5.82 Å².